The molecule has 2 atom stereocenters. The molecule has 1 rings (SSSR count). The first-order valence-corrected chi connectivity index (χ1v) is 6.89. The smallest absolute Gasteiger partial charge is 0.324 e. The van der Waals surface area contributed by atoms with Crippen molar-refractivity contribution in [2.75, 3.05) is 0 Å². The van der Waals surface area contributed by atoms with Crippen molar-refractivity contribution in [1.82, 2.24) is 4.72 Å². The summed E-state index contributed by atoms with van der Waals surface area (Å²) in [5.41, 5.74) is 0. The quantitative estimate of drug-likeness (QED) is 0.738. The number of rotatable bonds is 5. The molecule has 0 aliphatic rings. The normalized spacial score (nSPS) is 14.9. The number of carboxylic acid groups (broad SMARTS) is 1. The van der Waals surface area contributed by atoms with Crippen LogP contribution in [0.3, 0.4) is 0 Å². The largest absolute Gasteiger partial charge is 0.480 e. The van der Waals surface area contributed by atoms with Crippen molar-refractivity contribution >= 4 is 27.6 Å². The molecule has 0 radical (unpaired) electrons. The van der Waals surface area contributed by atoms with Crippen LogP contribution in [-0.2, 0) is 14.8 Å². The summed E-state index contributed by atoms with van der Waals surface area (Å²) in [6, 6.07) is 0.893. The Kier molecular flexibility index (Phi) is 4.86. The fourth-order valence-electron chi connectivity index (χ4n) is 1.27. The van der Waals surface area contributed by atoms with Gasteiger partial charge in [-0.15, -0.1) is 0 Å². The summed E-state index contributed by atoms with van der Waals surface area (Å²) in [4.78, 5) is 10.2. The average molecular weight is 312 g/mol. The minimum Gasteiger partial charge on any atom is -0.480 e. The molecule has 0 amide bonds. The van der Waals surface area contributed by atoms with Gasteiger partial charge in [-0.25, -0.2) is 12.8 Å². The zero-order valence-electron chi connectivity index (χ0n) is 9.67. The van der Waals surface area contributed by atoms with Gasteiger partial charge in [-0.3, -0.25) is 4.79 Å². The summed E-state index contributed by atoms with van der Waals surface area (Å²) in [5.74, 6) is -2.40. The van der Waals surface area contributed by atoms with Gasteiger partial charge in [0.2, 0.25) is 10.0 Å². The lowest BCUT2D eigenvalue weighted by molar-refractivity contribution is -0.141. The fraction of sp³-hybridized carbons (Fsp3) is 0.300. The molecule has 1 aromatic carbocycles. The number of aliphatic carboxylic acids is 1. The standard InChI is InChI=1S/C10H11ClFNO5S/c1-5(14)9(10(15)16)13-19(17,18)8-4-6(12)2-3-7(8)11/h2-5,9,13-14H,1H3,(H,15,16)/t5-,9-/m0/s1. The van der Waals surface area contributed by atoms with Gasteiger partial charge < -0.3 is 10.2 Å². The lowest BCUT2D eigenvalue weighted by atomic mass is 10.2. The number of nitrogens with one attached hydrogen (secondary N) is 1. The van der Waals surface area contributed by atoms with Gasteiger partial charge in [0.1, 0.15) is 16.8 Å². The van der Waals surface area contributed by atoms with Gasteiger partial charge in [0.15, 0.2) is 0 Å². The first kappa shape index (κ1) is 15.8. The molecule has 106 valence electrons. The zero-order chi connectivity index (χ0) is 14.8. The molecule has 0 aromatic heterocycles. The van der Waals surface area contributed by atoms with Crippen LogP contribution in [0.5, 0.6) is 0 Å². The molecule has 0 unspecified atom stereocenters. The van der Waals surface area contributed by atoms with Crippen LogP contribution in [0.1, 0.15) is 6.92 Å². The Balaban J connectivity index is 3.17. The van der Waals surface area contributed by atoms with Gasteiger partial charge >= 0.3 is 5.97 Å². The highest BCUT2D eigenvalue weighted by molar-refractivity contribution is 7.89. The summed E-state index contributed by atoms with van der Waals surface area (Å²) in [6.07, 6.45) is -1.47. The van der Waals surface area contributed by atoms with Gasteiger partial charge in [0, 0.05) is 0 Å². The van der Waals surface area contributed by atoms with Gasteiger partial charge in [-0.1, -0.05) is 11.6 Å². The molecule has 0 aliphatic carbocycles. The Hall–Kier alpha value is -1.22. The van der Waals surface area contributed by atoms with E-state index in [-0.39, 0.29) is 5.02 Å². The van der Waals surface area contributed by atoms with Crippen LogP contribution in [0.15, 0.2) is 23.1 Å². The van der Waals surface area contributed by atoms with E-state index < -0.39 is 38.9 Å². The van der Waals surface area contributed by atoms with Crippen molar-refractivity contribution in [1.29, 1.82) is 0 Å². The Morgan fingerprint density at radius 2 is 2.05 bits per heavy atom. The van der Waals surface area contributed by atoms with Crippen molar-refractivity contribution in [3.8, 4) is 0 Å². The molecule has 0 saturated carbocycles. The minimum atomic E-state index is -4.37. The van der Waals surface area contributed by atoms with E-state index in [4.69, 9.17) is 16.7 Å². The molecule has 9 heteroatoms. The second-order valence-electron chi connectivity index (χ2n) is 3.75. The predicted molar refractivity (Wildman–Crippen MR) is 64.8 cm³/mol. The van der Waals surface area contributed by atoms with Crippen molar-refractivity contribution in [2.24, 2.45) is 0 Å². The van der Waals surface area contributed by atoms with Crippen LogP contribution in [0, 0.1) is 5.82 Å². The van der Waals surface area contributed by atoms with E-state index in [2.05, 4.69) is 0 Å². The molecule has 0 aliphatic heterocycles. The van der Waals surface area contributed by atoms with E-state index in [1.807, 2.05) is 0 Å². The summed E-state index contributed by atoms with van der Waals surface area (Å²) in [6.45, 7) is 1.11. The van der Waals surface area contributed by atoms with Crippen molar-refractivity contribution in [3.63, 3.8) is 0 Å². The lowest BCUT2D eigenvalue weighted by Crippen LogP contribution is -2.47. The van der Waals surface area contributed by atoms with Crippen molar-refractivity contribution in [3.05, 3.63) is 29.0 Å². The van der Waals surface area contributed by atoms with Crippen LogP contribution in [-0.4, -0.2) is 36.7 Å². The number of benzene rings is 1. The predicted octanol–water partition coefficient (Wildman–Crippen LogP) is 0.591. The summed E-state index contributed by atoms with van der Waals surface area (Å²) >= 11 is 5.63. The molecule has 19 heavy (non-hydrogen) atoms. The Labute approximate surface area is 113 Å². The molecule has 0 heterocycles. The van der Waals surface area contributed by atoms with E-state index in [1.165, 1.54) is 0 Å². The lowest BCUT2D eigenvalue weighted by Gasteiger charge is -2.17. The molecular weight excluding hydrogens is 301 g/mol. The number of hydrogen-bond donors (Lipinski definition) is 3. The number of hydrogen-bond acceptors (Lipinski definition) is 4. The second-order valence-corrected chi connectivity index (χ2v) is 5.84. The van der Waals surface area contributed by atoms with Crippen LogP contribution in [0.25, 0.3) is 0 Å². The highest BCUT2D eigenvalue weighted by atomic mass is 35.5. The van der Waals surface area contributed by atoms with E-state index in [0.29, 0.717) is 6.07 Å². The number of sulfonamides is 1. The molecule has 0 saturated heterocycles. The molecule has 0 fully saturated rings. The monoisotopic (exact) mass is 311 g/mol. The number of carboxylic acids is 1. The summed E-state index contributed by atoms with van der Waals surface area (Å²) < 4.78 is 38.5. The van der Waals surface area contributed by atoms with Crippen molar-refractivity contribution < 1.29 is 27.8 Å². The highest BCUT2D eigenvalue weighted by Gasteiger charge is 2.30. The Bertz CT molecular complexity index is 590. The SMILES string of the molecule is C[C@H](O)[C@H](NS(=O)(=O)c1cc(F)ccc1Cl)C(=O)O. The number of carbonyl (C=O) groups is 1. The molecule has 0 spiro atoms. The van der Waals surface area contributed by atoms with Gasteiger partial charge in [0.05, 0.1) is 11.1 Å². The van der Waals surface area contributed by atoms with E-state index in [9.17, 15) is 22.7 Å². The number of aliphatic hydroxyl groups excluding tert-OH is 1. The number of halogens is 2. The topological polar surface area (TPSA) is 104 Å². The van der Waals surface area contributed by atoms with Crippen LogP contribution >= 0.6 is 11.6 Å². The first-order valence-electron chi connectivity index (χ1n) is 5.03. The minimum absolute atomic E-state index is 0.261. The van der Waals surface area contributed by atoms with Gasteiger partial charge in [-0.05, 0) is 25.1 Å². The van der Waals surface area contributed by atoms with Crippen molar-refractivity contribution in [2.45, 2.75) is 24.0 Å². The second kappa shape index (κ2) is 5.83. The first-order chi connectivity index (χ1) is 8.65. The van der Waals surface area contributed by atoms with Gasteiger partial charge in [-0.2, -0.15) is 4.72 Å². The maximum absolute atomic E-state index is 13.0. The van der Waals surface area contributed by atoms with Crippen LogP contribution < -0.4 is 4.72 Å². The Morgan fingerprint density at radius 1 is 1.47 bits per heavy atom. The van der Waals surface area contributed by atoms with Gasteiger partial charge in [0.25, 0.3) is 0 Å². The third-order valence-corrected chi connectivity index (χ3v) is 4.14. The average Bonchev–Trinajstić information content (AvgIpc) is 2.28. The van der Waals surface area contributed by atoms with Crippen LogP contribution in [0.2, 0.25) is 5.02 Å². The molecule has 0 bridgehead atoms. The molecule has 3 N–H and O–H groups in total. The van der Waals surface area contributed by atoms with E-state index in [1.54, 1.807) is 4.72 Å². The van der Waals surface area contributed by atoms with Crippen LogP contribution in [0.4, 0.5) is 4.39 Å². The van der Waals surface area contributed by atoms with E-state index in [0.717, 1.165) is 19.1 Å². The Morgan fingerprint density at radius 3 is 2.53 bits per heavy atom. The molecule has 1 aromatic rings. The maximum atomic E-state index is 13.0. The third kappa shape index (κ3) is 3.87. The summed E-state index contributed by atoms with van der Waals surface area (Å²) in [5, 5.41) is 17.7. The number of aliphatic hydroxyl groups is 1. The maximum Gasteiger partial charge on any atom is 0.324 e. The molecule has 6 nitrogen and oxygen atoms in total. The summed E-state index contributed by atoms with van der Waals surface area (Å²) in [7, 11) is -4.37. The van der Waals surface area contributed by atoms with E-state index >= 15 is 0 Å². The highest BCUT2D eigenvalue weighted by Crippen LogP contribution is 2.22. The third-order valence-electron chi connectivity index (χ3n) is 2.21. The molecular formula is C10H11ClFNO5S. The fourth-order valence-corrected chi connectivity index (χ4v) is 3.04. The zero-order valence-corrected chi connectivity index (χ0v) is 11.2.